The molecule has 0 radical (unpaired) electrons. The highest BCUT2D eigenvalue weighted by Crippen LogP contribution is 2.66. The van der Waals surface area contributed by atoms with E-state index >= 15 is 0 Å². The summed E-state index contributed by atoms with van der Waals surface area (Å²) in [4.78, 5) is 11.0. The van der Waals surface area contributed by atoms with E-state index in [0.29, 0.717) is 5.41 Å². The second kappa shape index (κ2) is 2.74. The molecule has 0 N–H and O–H groups in total. The first-order valence-corrected chi connectivity index (χ1v) is 5.55. The van der Waals surface area contributed by atoms with Gasteiger partial charge in [-0.15, -0.1) is 0 Å². The number of fused-ring (bicyclic) bond motifs is 2. The first kappa shape index (κ1) is 10.0. The lowest BCUT2D eigenvalue weighted by molar-refractivity contribution is -0.154. The Labute approximate surface area is 86.0 Å². The molecule has 2 fully saturated rings. The Balaban J connectivity index is 2.23. The summed E-state index contributed by atoms with van der Waals surface area (Å²) < 4.78 is 5.44. The highest BCUT2D eigenvalue weighted by molar-refractivity contribution is 5.66. The third-order valence-electron chi connectivity index (χ3n) is 5.02. The molecule has 2 rings (SSSR count). The summed E-state index contributed by atoms with van der Waals surface area (Å²) in [7, 11) is 0. The summed E-state index contributed by atoms with van der Waals surface area (Å²) in [6, 6.07) is 0. The lowest BCUT2D eigenvalue weighted by Gasteiger charge is -2.38. The van der Waals surface area contributed by atoms with Crippen molar-refractivity contribution in [3.8, 4) is 0 Å². The molecule has 0 aromatic carbocycles. The van der Waals surface area contributed by atoms with Crippen LogP contribution >= 0.6 is 0 Å². The van der Waals surface area contributed by atoms with Crippen molar-refractivity contribution in [2.45, 2.75) is 53.1 Å². The fraction of sp³-hybridized carbons (Fsp3) is 0.917. The largest absolute Gasteiger partial charge is 0.462 e. The lowest BCUT2D eigenvalue weighted by Crippen LogP contribution is -2.37. The SMILES string of the molecule is CC(=O)O[C@@H]1C[C@H]2CCC1(C)C2(C)C. The van der Waals surface area contributed by atoms with Gasteiger partial charge in [-0.05, 0) is 30.6 Å². The van der Waals surface area contributed by atoms with Gasteiger partial charge < -0.3 is 4.74 Å². The Bertz CT molecular complexity index is 269. The molecule has 0 heterocycles. The molecule has 0 aromatic heterocycles. The summed E-state index contributed by atoms with van der Waals surface area (Å²) in [5, 5.41) is 0. The summed E-state index contributed by atoms with van der Waals surface area (Å²) in [5.74, 6) is 0.622. The Morgan fingerprint density at radius 2 is 2.00 bits per heavy atom. The van der Waals surface area contributed by atoms with Gasteiger partial charge in [0.05, 0.1) is 0 Å². The quantitative estimate of drug-likeness (QED) is 0.603. The molecule has 2 bridgehead atoms. The topological polar surface area (TPSA) is 26.3 Å². The average Bonchev–Trinajstić information content (AvgIpc) is 2.35. The van der Waals surface area contributed by atoms with E-state index in [0.717, 1.165) is 12.3 Å². The minimum Gasteiger partial charge on any atom is -0.462 e. The van der Waals surface area contributed by atoms with Gasteiger partial charge >= 0.3 is 5.97 Å². The molecular formula is C12H20O2. The van der Waals surface area contributed by atoms with E-state index in [2.05, 4.69) is 20.8 Å². The molecule has 2 nitrogen and oxygen atoms in total. The zero-order valence-electron chi connectivity index (χ0n) is 9.59. The summed E-state index contributed by atoms with van der Waals surface area (Å²) in [6.45, 7) is 8.46. The van der Waals surface area contributed by atoms with Crippen LogP contribution in [0.5, 0.6) is 0 Å². The van der Waals surface area contributed by atoms with E-state index in [1.165, 1.54) is 19.8 Å². The van der Waals surface area contributed by atoms with Crippen molar-refractivity contribution in [1.29, 1.82) is 0 Å². The highest BCUT2D eigenvalue weighted by Gasteiger charge is 2.62. The van der Waals surface area contributed by atoms with E-state index in [-0.39, 0.29) is 17.5 Å². The van der Waals surface area contributed by atoms with Gasteiger partial charge in [-0.3, -0.25) is 4.79 Å². The molecule has 2 heteroatoms. The molecule has 0 saturated heterocycles. The number of rotatable bonds is 1. The molecule has 3 atom stereocenters. The Kier molecular flexibility index (Phi) is 1.96. The molecule has 0 aromatic rings. The minimum absolute atomic E-state index is 0.125. The molecule has 0 aliphatic heterocycles. The smallest absolute Gasteiger partial charge is 0.302 e. The normalized spacial score (nSPS) is 44.0. The predicted octanol–water partition coefficient (Wildman–Crippen LogP) is 2.76. The zero-order chi connectivity index (χ0) is 10.6. The maximum atomic E-state index is 11.0. The van der Waals surface area contributed by atoms with Crippen LogP contribution in [0.25, 0.3) is 0 Å². The molecule has 2 aliphatic carbocycles. The number of hydrogen-bond donors (Lipinski definition) is 0. The van der Waals surface area contributed by atoms with Gasteiger partial charge in [0.15, 0.2) is 0 Å². The third kappa shape index (κ3) is 1.06. The van der Waals surface area contributed by atoms with Gasteiger partial charge in [-0.2, -0.15) is 0 Å². The third-order valence-corrected chi connectivity index (χ3v) is 5.02. The molecule has 2 saturated carbocycles. The summed E-state index contributed by atoms with van der Waals surface area (Å²) >= 11 is 0. The average molecular weight is 196 g/mol. The van der Waals surface area contributed by atoms with E-state index in [1.807, 2.05) is 0 Å². The predicted molar refractivity (Wildman–Crippen MR) is 54.8 cm³/mol. The van der Waals surface area contributed by atoms with Crippen molar-refractivity contribution in [3.05, 3.63) is 0 Å². The maximum absolute atomic E-state index is 11.0. The first-order chi connectivity index (χ1) is 6.38. The summed E-state index contributed by atoms with van der Waals surface area (Å²) in [5.41, 5.74) is 0.552. The van der Waals surface area contributed by atoms with Crippen LogP contribution in [0.4, 0.5) is 0 Å². The second-order valence-electron chi connectivity index (χ2n) is 5.71. The van der Waals surface area contributed by atoms with Crippen molar-refractivity contribution >= 4 is 5.97 Å². The van der Waals surface area contributed by atoms with Crippen molar-refractivity contribution in [3.63, 3.8) is 0 Å². The monoisotopic (exact) mass is 196 g/mol. The van der Waals surface area contributed by atoms with Crippen LogP contribution < -0.4 is 0 Å². The van der Waals surface area contributed by atoms with E-state index in [4.69, 9.17) is 4.74 Å². The summed E-state index contributed by atoms with van der Waals surface area (Å²) in [6.07, 6.45) is 3.75. The number of carbonyl (C=O) groups excluding carboxylic acids is 1. The van der Waals surface area contributed by atoms with E-state index in [9.17, 15) is 4.79 Å². The van der Waals surface area contributed by atoms with Crippen LogP contribution in [0.15, 0.2) is 0 Å². The maximum Gasteiger partial charge on any atom is 0.302 e. The van der Waals surface area contributed by atoms with Gasteiger partial charge in [-0.1, -0.05) is 20.8 Å². The molecule has 80 valence electrons. The fourth-order valence-corrected chi connectivity index (χ4v) is 3.51. The lowest BCUT2D eigenvalue weighted by atomic mass is 9.70. The van der Waals surface area contributed by atoms with Crippen LogP contribution in [0.1, 0.15) is 47.0 Å². The number of esters is 1. The van der Waals surface area contributed by atoms with E-state index < -0.39 is 0 Å². The van der Waals surface area contributed by atoms with Gasteiger partial charge in [0.2, 0.25) is 0 Å². The number of ether oxygens (including phenoxy) is 1. The Hall–Kier alpha value is -0.530. The number of carbonyl (C=O) groups is 1. The second-order valence-corrected chi connectivity index (χ2v) is 5.71. The van der Waals surface area contributed by atoms with Gasteiger partial charge in [0.1, 0.15) is 6.10 Å². The van der Waals surface area contributed by atoms with Gasteiger partial charge in [0.25, 0.3) is 0 Å². The fourth-order valence-electron chi connectivity index (χ4n) is 3.51. The first-order valence-electron chi connectivity index (χ1n) is 5.55. The molecule has 2 aliphatic rings. The van der Waals surface area contributed by atoms with Gasteiger partial charge in [-0.25, -0.2) is 0 Å². The van der Waals surface area contributed by atoms with Gasteiger partial charge in [0, 0.05) is 12.3 Å². The van der Waals surface area contributed by atoms with Crippen LogP contribution in [-0.4, -0.2) is 12.1 Å². The highest BCUT2D eigenvalue weighted by atomic mass is 16.5. The van der Waals surface area contributed by atoms with Crippen LogP contribution in [0, 0.1) is 16.7 Å². The van der Waals surface area contributed by atoms with Crippen molar-refractivity contribution < 1.29 is 9.53 Å². The molecular weight excluding hydrogens is 176 g/mol. The minimum atomic E-state index is -0.125. The number of hydrogen-bond acceptors (Lipinski definition) is 2. The standard InChI is InChI=1S/C12H20O2/c1-8(13)14-10-7-9-5-6-12(10,4)11(9,2)3/h9-10H,5-7H2,1-4H3/t9-,10-,12?/m1/s1. The molecule has 14 heavy (non-hydrogen) atoms. The van der Waals surface area contributed by atoms with Crippen molar-refractivity contribution in [2.24, 2.45) is 16.7 Å². The molecule has 0 spiro atoms. The Morgan fingerprint density at radius 1 is 1.36 bits per heavy atom. The van der Waals surface area contributed by atoms with Crippen LogP contribution in [0.2, 0.25) is 0 Å². The van der Waals surface area contributed by atoms with Crippen LogP contribution in [0.3, 0.4) is 0 Å². The van der Waals surface area contributed by atoms with E-state index in [1.54, 1.807) is 0 Å². The van der Waals surface area contributed by atoms with Crippen LogP contribution in [-0.2, 0) is 9.53 Å². The molecule has 0 amide bonds. The molecule has 1 unspecified atom stereocenters. The van der Waals surface area contributed by atoms with Crippen molar-refractivity contribution in [2.75, 3.05) is 0 Å². The zero-order valence-corrected chi connectivity index (χ0v) is 9.59. The Morgan fingerprint density at radius 3 is 2.36 bits per heavy atom. The van der Waals surface area contributed by atoms with Crippen molar-refractivity contribution in [1.82, 2.24) is 0 Å².